The summed E-state index contributed by atoms with van der Waals surface area (Å²) >= 11 is 6.54. The van der Waals surface area contributed by atoms with E-state index in [1.165, 1.54) is 0 Å². The molecule has 0 aliphatic heterocycles. The number of nitrogens with one attached hydrogen (secondary N) is 1. The van der Waals surface area contributed by atoms with Crippen molar-refractivity contribution < 1.29 is 37.0 Å². The molecule has 1 heterocycles. The van der Waals surface area contributed by atoms with Gasteiger partial charge in [0, 0.05) is 31.1 Å². The monoisotopic (exact) mass is 800 g/mol. The van der Waals surface area contributed by atoms with E-state index in [-0.39, 0.29) is 10.7 Å². The van der Waals surface area contributed by atoms with E-state index in [2.05, 4.69) is 47.6 Å². The van der Waals surface area contributed by atoms with E-state index in [0.29, 0.717) is 49.6 Å². The molecule has 0 aliphatic rings. The van der Waals surface area contributed by atoms with Crippen molar-refractivity contribution in [3.8, 4) is 5.75 Å². The van der Waals surface area contributed by atoms with Gasteiger partial charge in [-0.05, 0) is 80.7 Å². The molecule has 12 nitrogen and oxygen atoms in total. The number of anilines is 1. The smallest absolute Gasteiger partial charge is 0.432 e. The zero-order valence-corrected chi connectivity index (χ0v) is 34.8. The molecule has 0 fully saturated rings. The Morgan fingerprint density at radius 3 is 2.30 bits per heavy atom. The Kier molecular flexibility index (Phi) is 14.7. The zero-order valence-electron chi connectivity index (χ0n) is 32.2. The molecule has 0 bridgehead atoms. The molecule has 294 valence electrons. The van der Waals surface area contributed by atoms with Crippen molar-refractivity contribution in [2.75, 3.05) is 30.2 Å². The number of fused-ring (bicyclic) bond motifs is 1. The Morgan fingerprint density at radius 1 is 1.00 bits per heavy atom. The molecular weight excluding hydrogens is 748 g/mol. The van der Waals surface area contributed by atoms with Crippen molar-refractivity contribution in [2.45, 2.75) is 91.3 Å². The van der Waals surface area contributed by atoms with E-state index in [4.69, 9.17) is 25.5 Å². The highest BCUT2D eigenvalue weighted by Crippen LogP contribution is 2.34. The Bertz CT molecular complexity index is 1990. The highest BCUT2D eigenvalue weighted by atomic mass is 35.5. The molecule has 54 heavy (non-hydrogen) atoms. The van der Waals surface area contributed by atoms with Crippen LogP contribution in [0.1, 0.15) is 71.4 Å². The minimum absolute atomic E-state index is 0.142. The van der Waals surface area contributed by atoms with Crippen LogP contribution in [0.25, 0.3) is 10.9 Å². The van der Waals surface area contributed by atoms with Crippen molar-refractivity contribution in [3.05, 3.63) is 88.6 Å². The van der Waals surface area contributed by atoms with Crippen LogP contribution in [0, 0.1) is 0 Å². The largest absolute Gasteiger partial charge is 0.492 e. The topological polar surface area (TPSA) is 149 Å². The van der Waals surface area contributed by atoms with Crippen molar-refractivity contribution in [2.24, 2.45) is 0 Å². The SMILES string of the molecule is CCc1nn(C(=O)O)c2cc(OCCN(Cc3ccccc3)CC(O[Si](CC)(CC)CC)c3ccc(Cl)c(NS(=O)(=O)CC(=O)OC(C)(C)C)c3)ccc12. The second kappa shape index (κ2) is 18.6. The molecule has 1 atom stereocenters. The van der Waals surface area contributed by atoms with Crippen molar-refractivity contribution in [1.29, 1.82) is 0 Å². The van der Waals surface area contributed by atoms with Gasteiger partial charge in [-0.2, -0.15) is 9.78 Å². The van der Waals surface area contributed by atoms with Crippen LogP contribution in [0.5, 0.6) is 5.75 Å². The first-order chi connectivity index (χ1) is 25.5. The average molecular weight is 801 g/mol. The van der Waals surface area contributed by atoms with Crippen LogP contribution in [0.3, 0.4) is 0 Å². The van der Waals surface area contributed by atoms with Crippen molar-refractivity contribution in [3.63, 3.8) is 0 Å². The van der Waals surface area contributed by atoms with E-state index in [1.54, 1.807) is 39.0 Å². The van der Waals surface area contributed by atoms with Gasteiger partial charge in [-0.1, -0.05) is 75.7 Å². The quantitative estimate of drug-likeness (QED) is 0.0698. The first-order valence-corrected chi connectivity index (χ1v) is 22.9. The molecule has 0 aliphatic carbocycles. The molecule has 1 aromatic heterocycles. The molecule has 3 aromatic carbocycles. The van der Waals surface area contributed by atoms with E-state index in [9.17, 15) is 23.1 Å². The molecule has 4 rings (SSSR count). The van der Waals surface area contributed by atoms with Gasteiger partial charge in [0.2, 0.25) is 10.0 Å². The molecule has 0 saturated heterocycles. The lowest BCUT2D eigenvalue weighted by molar-refractivity contribution is -0.151. The molecular formula is C39H53ClN4O8SSi. The number of carbonyl (C=O) groups excluding carboxylic acids is 1. The summed E-state index contributed by atoms with van der Waals surface area (Å²) in [5, 5.41) is 14.9. The second-order valence-electron chi connectivity index (χ2n) is 14.3. The van der Waals surface area contributed by atoms with E-state index >= 15 is 0 Å². The van der Waals surface area contributed by atoms with Gasteiger partial charge in [-0.25, -0.2) is 13.2 Å². The number of halogens is 1. The van der Waals surface area contributed by atoms with Gasteiger partial charge >= 0.3 is 12.1 Å². The van der Waals surface area contributed by atoms with Gasteiger partial charge in [0.15, 0.2) is 14.1 Å². The first kappa shape index (κ1) is 42.8. The molecule has 1 unspecified atom stereocenters. The average Bonchev–Trinajstić information content (AvgIpc) is 3.49. The van der Waals surface area contributed by atoms with Crippen molar-refractivity contribution in [1.82, 2.24) is 14.7 Å². The minimum atomic E-state index is -4.15. The zero-order chi connectivity index (χ0) is 39.7. The molecule has 0 amide bonds. The summed E-state index contributed by atoms with van der Waals surface area (Å²) in [5.74, 6) is -1.21. The molecule has 0 radical (unpaired) electrons. The highest BCUT2D eigenvalue weighted by Gasteiger charge is 2.34. The molecule has 0 spiro atoms. The number of aryl methyl sites for hydroxylation is 1. The number of rotatable bonds is 19. The van der Waals surface area contributed by atoms with E-state index in [1.807, 2.05) is 43.3 Å². The number of sulfonamides is 1. The van der Waals surface area contributed by atoms with Gasteiger partial charge in [-0.15, -0.1) is 0 Å². The van der Waals surface area contributed by atoms with Crippen molar-refractivity contribution >= 4 is 58.6 Å². The normalized spacial score (nSPS) is 12.9. The number of hydrogen-bond acceptors (Lipinski definition) is 9. The maximum absolute atomic E-state index is 13.1. The second-order valence-corrected chi connectivity index (χ2v) is 21.1. The number of aromatic nitrogens is 2. The number of ether oxygens (including phenoxy) is 2. The van der Waals surface area contributed by atoms with Crippen LogP contribution in [0.15, 0.2) is 66.7 Å². The number of hydrogen-bond donors (Lipinski definition) is 2. The summed E-state index contributed by atoms with van der Waals surface area (Å²) in [5.41, 5.74) is 2.29. The Labute approximate surface area is 324 Å². The lowest BCUT2D eigenvalue weighted by Gasteiger charge is -2.36. The molecule has 0 saturated carbocycles. The summed E-state index contributed by atoms with van der Waals surface area (Å²) in [6.07, 6.45) is -1.02. The van der Waals surface area contributed by atoms with Crippen LogP contribution in [0.4, 0.5) is 10.5 Å². The summed E-state index contributed by atoms with van der Waals surface area (Å²) in [7, 11) is -6.37. The third kappa shape index (κ3) is 11.8. The predicted octanol–water partition coefficient (Wildman–Crippen LogP) is 8.51. The van der Waals surface area contributed by atoms with Crippen LogP contribution in [-0.4, -0.2) is 79.6 Å². The summed E-state index contributed by atoms with van der Waals surface area (Å²) in [4.78, 5) is 26.5. The lowest BCUT2D eigenvalue weighted by atomic mass is 10.1. The molecule has 2 N–H and O–H groups in total. The standard InChI is InChI=1S/C39H53ClN4O8SSi/c1-8-33-31-19-18-30(24-35(31)44(41-33)38(46)47)50-22-21-43(25-28-15-13-12-14-16-28)26-36(52-54(9-2,10-3)11-4)29-17-20-32(40)34(23-29)42-53(48,49)27-37(45)51-39(5,6)7/h12-20,23-24,36,42H,8-11,21-22,25-27H2,1-7H3,(H,46,47). The van der Waals surface area contributed by atoms with Gasteiger partial charge < -0.3 is 19.0 Å². The van der Waals surface area contributed by atoms with Gasteiger partial charge in [0.25, 0.3) is 0 Å². The Balaban J connectivity index is 1.64. The lowest BCUT2D eigenvalue weighted by Crippen LogP contribution is -2.41. The number of esters is 1. The third-order valence-electron chi connectivity index (χ3n) is 9.28. The number of carbonyl (C=O) groups is 2. The van der Waals surface area contributed by atoms with Crippen LogP contribution < -0.4 is 9.46 Å². The Morgan fingerprint density at radius 2 is 1.69 bits per heavy atom. The highest BCUT2D eigenvalue weighted by molar-refractivity contribution is 7.93. The van der Waals surface area contributed by atoms with Gasteiger partial charge in [0.1, 0.15) is 18.0 Å². The molecule has 15 heteroatoms. The van der Waals surface area contributed by atoms with Crippen LogP contribution >= 0.6 is 11.6 Å². The number of carboxylic acid groups (broad SMARTS) is 1. The van der Waals surface area contributed by atoms with Crippen LogP contribution in [0.2, 0.25) is 23.2 Å². The number of benzene rings is 3. The predicted molar refractivity (Wildman–Crippen MR) is 215 cm³/mol. The summed E-state index contributed by atoms with van der Waals surface area (Å²) < 4.78 is 48.3. The molecule has 4 aromatic rings. The Hall–Kier alpha value is -3.95. The number of nitrogens with zero attached hydrogens (tertiary/aromatic N) is 3. The van der Waals surface area contributed by atoms with E-state index in [0.717, 1.165) is 39.3 Å². The van der Waals surface area contributed by atoms with Crippen LogP contribution in [-0.2, 0) is 36.9 Å². The fourth-order valence-corrected chi connectivity index (χ4v) is 10.3. The van der Waals surface area contributed by atoms with Gasteiger partial charge in [-0.3, -0.25) is 14.4 Å². The summed E-state index contributed by atoms with van der Waals surface area (Å²) in [6.45, 7) is 15.2. The first-order valence-electron chi connectivity index (χ1n) is 18.3. The minimum Gasteiger partial charge on any atom is -0.492 e. The maximum atomic E-state index is 13.1. The van der Waals surface area contributed by atoms with Gasteiger partial charge in [0.05, 0.1) is 28.0 Å². The summed E-state index contributed by atoms with van der Waals surface area (Å²) in [6, 6.07) is 23.3. The fourth-order valence-electron chi connectivity index (χ4n) is 6.32. The third-order valence-corrected chi connectivity index (χ3v) is 15.4. The fraction of sp³-hybridized carbons (Fsp3) is 0.462. The van der Waals surface area contributed by atoms with E-state index < -0.39 is 47.9 Å². The maximum Gasteiger partial charge on any atom is 0.432 e.